The zero-order valence-electron chi connectivity index (χ0n) is 11.7. The molecule has 2 heterocycles. The molecule has 4 aromatic rings. The van der Waals surface area contributed by atoms with Crippen molar-refractivity contribution in [3.05, 3.63) is 46.8 Å². The predicted octanol–water partition coefficient (Wildman–Crippen LogP) is 3.61. The molecule has 4 nitrogen and oxygen atoms in total. The van der Waals surface area contributed by atoms with Crippen LogP contribution >= 0.6 is 11.6 Å². The maximum absolute atomic E-state index is 9.56. The number of pyridine rings is 2. The molecule has 0 aliphatic rings. The summed E-state index contributed by atoms with van der Waals surface area (Å²) in [5.41, 5.74) is 2.24. The van der Waals surface area contributed by atoms with Crippen LogP contribution in [0, 0.1) is 0 Å². The Hall–Kier alpha value is -2.59. The van der Waals surface area contributed by atoms with Crippen LogP contribution in [0.5, 0.6) is 5.75 Å². The number of nitrogens with zero attached hydrogens (tertiary/aromatic N) is 2. The van der Waals surface area contributed by atoms with Gasteiger partial charge >= 0.3 is 0 Å². The molecule has 5 heteroatoms. The van der Waals surface area contributed by atoms with Crippen LogP contribution < -0.4 is 9.96 Å². The Bertz CT molecular complexity index is 1090. The van der Waals surface area contributed by atoms with E-state index >= 15 is 0 Å². The summed E-state index contributed by atoms with van der Waals surface area (Å²) >= 11 is 6.07. The molecule has 0 atom stereocenters. The number of halogens is 1. The number of rotatable bonds is 1. The summed E-state index contributed by atoms with van der Waals surface area (Å²) in [5, 5.41) is 13.5. The van der Waals surface area contributed by atoms with E-state index in [-0.39, 0.29) is 0 Å². The van der Waals surface area contributed by atoms with Crippen molar-refractivity contribution < 1.29 is 9.84 Å². The van der Waals surface area contributed by atoms with Gasteiger partial charge in [0.25, 0.3) is 0 Å². The van der Waals surface area contributed by atoms with E-state index in [1.165, 1.54) is 0 Å². The van der Waals surface area contributed by atoms with Gasteiger partial charge in [0, 0.05) is 32.6 Å². The Morgan fingerprint density at radius 1 is 1.14 bits per heavy atom. The fourth-order valence-corrected chi connectivity index (χ4v) is 3.01. The molecule has 0 unspecified atom stereocenters. The van der Waals surface area contributed by atoms with Gasteiger partial charge in [0.2, 0.25) is 0 Å². The maximum atomic E-state index is 9.56. The van der Waals surface area contributed by atoms with Crippen molar-refractivity contribution in [2.24, 2.45) is 0 Å². The summed E-state index contributed by atoms with van der Waals surface area (Å²) in [7, 11) is 1.60. The highest BCUT2D eigenvalue weighted by Gasteiger charge is 2.14. The largest absolute Gasteiger partial charge is 0.515 e. The lowest BCUT2D eigenvalue weighted by Gasteiger charge is -2.11. The Labute approximate surface area is 130 Å². The molecule has 2 aromatic carbocycles. The van der Waals surface area contributed by atoms with Crippen LogP contribution in [-0.4, -0.2) is 22.2 Å². The molecule has 0 radical (unpaired) electrons. The van der Waals surface area contributed by atoms with Gasteiger partial charge in [0.1, 0.15) is 5.75 Å². The minimum Gasteiger partial charge on any atom is -0.515 e. The lowest BCUT2D eigenvalue weighted by atomic mass is 10.0. The van der Waals surface area contributed by atoms with Crippen molar-refractivity contribution in [1.82, 2.24) is 9.97 Å². The Balaban J connectivity index is 2.39. The highest BCUT2D eigenvalue weighted by Crippen LogP contribution is 2.33. The third-order valence-electron chi connectivity index (χ3n) is 3.82. The molecule has 0 fully saturated rings. The summed E-state index contributed by atoms with van der Waals surface area (Å²) in [4.78, 5) is 9.17. The van der Waals surface area contributed by atoms with Crippen LogP contribution in [0.1, 0.15) is 0 Å². The number of fused-ring (bicyclic) bond motifs is 2. The lowest BCUT2D eigenvalue weighted by Crippen LogP contribution is -2.07. The zero-order valence-corrected chi connectivity index (χ0v) is 12.4. The van der Waals surface area contributed by atoms with E-state index in [9.17, 15) is 5.11 Å². The average Bonchev–Trinajstić information content (AvgIpc) is 2.55. The second-order valence-electron chi connectivity index (χ2n) is 5.00. The summed E-state index contributed by atoms with van der Waals surface area (Å²) < 4.78 is 5.43. The summed E-state index contributed by atoms with van der Waals surface area (Å²) in [6.45, 7) is 0. The topological polar surface area (TPSA) is 55.2 Å². The quantitative estimate of drug-likeness (QED) is 0.431. The zero-order chi connectivity index (χ0) is 15.3. The molecule has 108 valence electrons. The van der Waals surface area contributed by atoms with Crippen LogP contribution in [0.15, 0.2) is 36.5 Å². The first-order valence-electron chi connectivity index (χ1n) is 6.71. The van der Waals surface area contributed by atoms with Gasteiger partial charge in [-0.3, -0.25) is 4.98 Å². The first kappa shape index (κ1) is 13.1. The number of aliphatic hydroxyl groups excluding tert-OH is 1. The van der Waals surface area contributed by atoms with Crippen molar-refractivity contribution in [2.45, 2.75) is 0 Å². The van der Waals surface area contributed by atoms with Crippen LogP contribution in [0.4, 0.5) is 0 Å². The van der Waals surface area contributed by atoms with Gasteiger partial charge in [-0.15, -0.1) is 0 Å². The Kier molecular flexibility index (Phi) is 2.81. The number of methoxy groups -OCH3 is 1. The lowest BCUT2D eigenvalue weighted by molar-refractivity contribution is 0.419. The third kappa shape index (κ3) is 1.71. The van der Waals surface area contributed by atoms with Crippen molar-refractivity contribution in [1.29, 1.82) is 0 Å². The molecule has 22 heavy (non-hydrogen) atoms. The molecule has 1 N–H and O–H groups in total. The number of aromatic nitrogens is 2. The first-order valence-corrected chi connectivity index (χ1v) is 7.09. The molecule has 4 rings (SSSR count). The van der Waals surface area contributed by atoms with Gasteiger partial charge in [-0.05, 0) is 30.3 Å². The van der Waals surface area contributed by atoms with Crippen molar-refractivity contribution in [3.8, 4) is 5.75 Å². The summed E-state index contributed by atoms with van der Waals surface area (Å²) in [5.74, 6) is 0.676. The minimum absolute atomic E-state index is 0.587. The SMILES string of the molecule is COc1c/c(=C\O)c2nc3cc(Cl)ccc3c3nccc1c23. The van der Waals surface area contributed by atoms with E-state index in [1.807, 2.05) is 18.2 Å². The van der Waals surface area contributed by atoms with Crippen molar-refractivity contribution >= 4 is 50.6 Å². The standard InChI is InChI=1S/C17H11ClN2O2/c1-22-14-6-9(8-21)16-15-12(14)4-5-19-17(15)11-3-2-10(18)7-13(11)20-16/h2-8,21H,1H3/b9-8+. The molecule has 0 bridgehead atoms. The van der Waals surface area contributed by atoms with Gasteiger partial charge in [0.15, 0.2) is 0 Å². The minimum atomic E-state index is 0.587. The van der Waals surface area contributed by atoms with Crippen LogP contribution in [0.3, 0.4) is 0 Å². The molecule has 0 aliphatic heterocycles. The molecule has 0 aliphatic carbocycles. The number of hydrogen-bond acceptors (Lipinski definition) is 4. The molecular weight excluding hydrogens is 300 g/mol. The number of benzene rings is 2. The summed E-state index contributed by atoms with van der Waals surface area (Å²) in [6, 6.07) is 9.18. The third-order valence-corrected chi connectivity index (χ3v) is 4.05. The fraction of sp³-hybridized carbons (Fsp3) is 0.0588. The number of aliphatic hydroxyl groups is 1. The van der Waals surface area contributed by atoms with Gasteiger partial charge in [-0.25, -0.2) is 4.98 Å². The van der Waals surface area contributed by atoms with E-state index < -0.39 is 0 Å². The highest BCUT2D eigenvalue weighted by atomic mass is 35.5. The van der Waals surface area contributed by atoms with E-state index in [0.717, 1.165) is 33.5 Å². The fourth-order valence-electron chi connectivity index (χ4n) is 2.85. The van der Waals surface area contributed by atoms with E-state index in [4.69, 9.17) is 16.3 Å². The molecule has 0 saturated carbocycles. The molecular formula is C17H11ClN2O2. The van der Waals surface area contributed by atoms with Gasteiger partial charge in [0.05, 0.1) is 29.9 Å². The van der Waals surface area contributed by atoms with E-state index in [0.29, 0.717) is 21.5 Å². The molecule has 2 aromatic heterocycles. The predicted molar refractivity (Wildman–Crippen MR) is 88.4 cm³/mol. The molecule has 0 spiro atoms. The van der Waals surface area contributed by atoms with E-state index in [2.05, 4.69) is 9.97 Å². The molecule has 0 saturated heterocycles. The maximum Gasteiger partial charge on any atom is 0.127 e. The van der Waals surface area contributed by atoms with Gasteiger partial charge in [-0.1, -0.05) is 11.6 Å². The van der Waals surface area contributed by atoms with Gasteiger partial charge in [-0.2, -0.15) is 0 Å². The van der Waals surface area contributed by atoms with E-state index in [1.54, 1.807) is 25.4 Å². The van der Waals surface area contributed by atoms with Crippen LogP contribution in [0.2, 0.25) is 5.02 Å². The number of ether oxygens (including phenoxy) is 1. The first-order chi connectivity index (χ1) is 10.7. The Morgan fingerprint density at radius 2 is 2.00 bits per heavy atom. The summed E-state index contributed by atoms with van der Waals surface area (Å²) in [6.07, 6.45) is 2.78. The monoisotopic (exact) mass is 310 g/mol. The van der Waals surface area contributed by atoms with Crippen molar-refractivity contribution in [2.75, 3.05) is 7.11 Å². The average molecular weight is 311 g/mol. The normalized spacial score (nSPS) is 12.5. The van der Waals surface area contributed by atoms with Crippen LogP contribution in [0.25, 0.3) is 39.0 Å². The van der Waals surface area contributed by atoms with Crippen LogP contribution in [-0.2, 0) is 0 Å². The molecule has 0 amide bonds. The number of hydrogen-bond donors (Lipinski definition) is 1. The smallest absolute Gasteiger partial charge is 0.127 e. The van der Waals surface area contributed by atoms with Gasteiger partial charge < -0.3 is 9.84 Å². The second kappa shape index (κ2) is 4.71. The highest BCUT2D eigenvalue weighted by molar-refractivity contribution is 6.31. The van der Waals surface area contributed by atoms with Crippen molar-refractivity contribution in [3.63, 3.8) is 0 Å². The Morgan fingerprint density at radius 3 is 2.77 bits per heavy atom. The second-order valence-corrected chi connectivity index (χ2v) is 5.44.